The Morgan fingerprint density at radius 2 is 2.12 bits per heavy atom. The van der Waals surface area contributed by atoms with Gasteiger partial charge in [0.15, 0.2) is 11.4 Å². The number of halogens is 1. The van der Waals surface area contributed by atoms with Gasteiger partial charge in [-0.05, 0) is 37.2 Å². The SMILES string of the molecule is CN1CCc2c(sc3c2c(=O)n(-c2cccc(Cl)c2)c2nnc(SCC4OCCO4)n32)C1. The summed E-state index contributed by atoms with van der Waals surface area (Å²) in [7, 11) is 2.11. The summed E-state index contributed by atoms with van der Waals surface area (Å²) in [5.74, 6) is 1.08. The first-order valence-electron chi connectivity index (χ1n) is 10.3. The normalized spacial score (nSPS) is 17.6. The predicted octanol–water partition coefficient (Wildman–Crippen LogP) is 3.20. The lowest BCUT2D eigenvalue weighted by molar-refractivity contribution is -0.0215. The van der Waals surface area contributed by atoms with Crippen LogP contribution in [0.3, 0.4) is 0 Å². The first kappa shape index (κ1) is 20.6. The summed E-state index contributed by atoms with van der Waals surface area (Å²) in [6, 6.07) is 7.28. The average Bonchev–Trinajstić information content (AvgIpc) is 3.50. The van der Waals surface area contributed by atoms with Crippen LogP contribution in [0, 0.1) is 0 Å². The van der Waals surface area contributed by atoms with E-state index in [0.29, 0.717) is 40.6 Å². The lowest BCUT2D eigenvalue weighted by Crippen LogP contribution is -2.27. The third-order valence-corrected chi connectivity index (χ3v) is 8.17. The second-order valence-corrected chi connectivity index (χ2v) is 10.4. The van der Waals surface area contributed by atoms with Crippen molar-refractivity contribution < 1.29 is 9.47 Å². The fourth-order valence-electron chi connectivity index (χ4n) is 4.27. The Morgan fingerprint density at radius 3 is 2.94 bits per heavy atom. The van der Waals surface area contributed by atoms with Gasteiger partial charge in [-0.25, -0.2) is 8.97 Å². The summed E-state index contributed by atoms with van der Waals surface area (Å²) >= 11 is 9.44. The molecule has 0 bridgehead atoms. The molecule has 4 aromatic rings. The Morgan fingerprint density at radius 1 is 1.28 bits per heavy atom. The highest BCUT2D eigenvalue weighted by Crippen LogP contribution is 2.36. The van der Waals surface area contributed by atoms with Crippen LogP contribution >= 0.6 is 34.7 Å². The molecule has 5 heterocycles. The van der Waals surface area contributed by atoms with E-state index in [1.54, 1.807) is 28.0 Å². The van der Waals surface area contributed by atoms with E-state index >= 15 is 0 Å². The first-order chi connectivity index (χ1) is 15.6. The molecular formula is C21H20ClN5O3S2. The Balaban J connectivity index is 1.61. The van der Waals surface area contributed by atoms with Gasteiger partial charge < -0.3 is 14.4 Å². The average molecular weight is 490 g/mol. The molecule has 0 saturated carbocycles. The molecule has 3 aromatic heterocycles. The van der Waals surface area contributed by atoms with E-state index in [9.17, 15) is 4.79 Å². The second-order valence-electron chi connectivity index (χ2n) is 7.89. The Bertz CT molecular complexity index is 1390. The highest BCUT2D eigenvalue weighted by molar-refractivity contribution is 7.99. The molecule has 2 aliphatic rings. The number of ether oxygens (including phenoxy) is 2. The van der Waals surface area contributed by atoms with E-state index in [1.165, 1.54) is 16.6 Å². The van der Waals surface area contributed by atoms with Crippen molar-refractivity contribution in [3.63, 3.8) is 0 Å². The summed E-state index contributed by atoms with van der Waals surface area (Å²) in [5, 5.41) is 10.9. The van der Waals surface area contributed by atoms with Crippen LogP contribution in [0.1, 0.15) is 10.4 Å². The molecule has 1 saturated heterocycles. The van der Waals surface area contributed by atoms with Crippen LogP contribution in [0.2, 0.25) is 5.02 Å². The van der Waals surface area contributed by atoms with Crippen LogP contribution in [0.5, 0.6) is 0 Å². The van der Waals surface area contributed by atoms with Crippen LogP contribution in [0.25, 0.3) is 21.7 Å². The molecule has 32 heavy (non-hydrogen) atoms. The molecule has 0 spiro atoms. The van der Waals surface area contributed by atoms with Gasteiger partial charge in [0.25, 0.3) is 5.56 Å². The molecule has 11 heteroatoms. The molecule has 0 amide bonds. The number of thiophene rings is 1. The van der Waals surface area contributed by atoms with Crippen molar-refractivity contribution in [2.24, 2.45) is 0 Å². The van der Waals surface area contributed by atoms with E-state index in [2.05, 4.69) is 22.1 Å². The molecule has 1 aromatic carbocycles. The van der Waals surface area contributed by atoms with Crippen LogP contribution in [0.15, 0.2) is 34.2 Å². The zero-order chi connectivity index (χ0) is 21.8. The number of thioether (sulfide) groups is 1. The number of fused-ring (bicyclic) bond motifs is 5. The van der Waals surface area contributed by atoms with Crippen molar-refractivity contribution in [2.75, 3.05) is 32.6 Å². The monoisotopic (exact) mass is 489 g/mol. The van der Waals surface area contributed by atoms with Gasteiger partial charge in [0.05, 0.1) is 30.0 Å². The van der Waals surface area contributed by atoms with Crippen molar-refractivity contribution >= 4 is 50.7 Å². The summed E-state index contributed by atoms with van der Waals surface area (Å²) in [5.41, 5.74) is 1.73. The lowest BCUT2D eigenvalue weighted by atomic mass is 10.1. The van der Waals surface area contributed by atoms with Crippen molar-refractivity contribution in [2.45, 2.75) is 24.4 Å². The number of hydrogen-bond donors (Lipinski definition) is 0. The predicted molar refractivity (Wildman–Crippen MR) is 125 cm³/mol. The number of aromatic nitrogens is 4. The van der Waals surface area contributed by atoms with Gasteiger partial charge in [-0.15, -0.1) is 21.5 Å². The molecule has 0 atom stereocenters. The van der Waals surface area contributed by atoms with E-state index in [1.807, 2.05) is 16.5 Å². The molecule has 6 rings (SSSR count). The van der Waals surface area contributed by atoms with Crippen LogP contribution < -0.4 is 5.56 Å². The van der Waals surface area contributed by atoms with E-state index in [-0.39, 0.29) is 11.8 Å². The van der Waals surface area contributed by atoms with Crippen LogP contribution in [-0.2, 0) is 22.4 Å². The highest BCUT2D eigenvalue weighted by atomic mass is 35.5. The molecule has 0 aliphatic carbocycles. The molecule has 8 nitrogen and oxygen atoms in total. The zero-order valence-corrected chi connectivity index (χ0v) is 19.7. The maximum Gasteiger partial charge on any atom is 0.268 e. The zero-order valence-electron chi connectivity index (χ0n) is 17.3. The van der Waals surface area contributed by atoms with Gasteiger partial charge in [0, 0.05) is 23.0 Å². The molecule has 0 unspecified atom stereocenters. The van der Waals surface area contributed by atoms with Gasteiger partial charge in [0.2, 0.25) is 5.78 Å². The quantitative estimate of drug-likeness (QED) is 0.407. The summed E-state index contributed by atoms with van der Waals surface area (Å²) in [6.45, 7) is 2.97. The summed E-state index contributed by atoms with van der Waals surface area (Å²) < 4.78 is 14.8. The van der Waals surface area contributed by atoms with E-state index < -0.39 is 0 Å². The minimum absolute atomic E-state index is 0.0803. The smallest absolute Gasteiger partial charge is 0.268 e. The lowest BCUT2D eigenvalue weighted by Gasteiger charge is -2.21. The van der Waals surface area contributed by atoms with Crippen LogP contribution in [-0.4, -0.2) is 62.9 Å². The van der Waals surface area contributed by atoms with Gasteiger partial charge in [-0.1, -0.05) is 29.4 Å². The third-order valence-electron chi connectivity index (χ3n) is 5.77. The van der Waals surface area contributed by atoms with Gasteiger partial charge in [0.1, 0.15) is 4.83 Å². The molecule has 0 N–H and O–H groups in total. The number of nitrogens with zero attached hydrogens (tertiary/aromatic N) is 5. The van der Waals surface area contributed by atoms with E-state index in [4.69, 9.17) is 21.1 Å². The fraction of sp³-hybridized carbons (Fsp3) is 0.381. The maximum absolute atomic E-state index is 13.8. The third kappa shape index (κ3) is 3.37. The van der Waals surface area contributed by atoms with Crippen molar-refractivity contribution in [3.8, 4) is 5.69 Å². The summed E-state index contributed by atoms with van der Waals surface area (Å²) in [6.07, 6.45) is 0.586. The highest BCUT2D eigenvalue weighted by Gasteiger charge is 2.27. The standard InChI is InChI=1S/C21H20ClN5O3S2/c1-25-6-5-14-15(10-25)32-19-17(14)18(28)26(13-4-2-3-12(22)9-13)20-23-24-21(27(19)20)31-11-16-29-7-8-30-16/h2-4,9,16H,5-8,10-11H2,1H3. The largest absolute Gasteiger partial charge is 0.349 e. The topological polar surface area (TPSA) is 73.9 Å². The molecular weight excluding hydrogens is 470 g/mol. The Labute approximate surface area is 196 Å². The van der Waals surface area contributed by atoms with Gasteiger partial charge >= 0.3 is 0 Å². The molecule has 2 aliphatic heterocycles. The van der Waals surface area contributed by atoms with E-state index in [0.717, 1.165) is 35.3 Å². The minimum Gasteiger partial charge on any atom is -0.349 e. The second kappa shape index (κ2) is 8.12. The summed E-state index contributed by atoms with van der Waals surface area (Å²) in [4.78, 5) is 18.2. The maximum atomic E-state index is 13.8. The van der Waals surface area contributed by atoms with Gasteiger partial charge in [-0.3, -0.25) is 4.79 Å². The number of hydrogen-bond acceptors (Lipinski definition) is 8. The fourth-order valence-corrected chi connectivity index (χ4v) is 6.81. The minimum atomic E-state index is -0.258. The van der Waals surface area contributed by atoms with Crippen molar-refractivity contribution in [1.29, 1.82) is 0 Å². The van der Waals surface area contributed by atoms with Crippen LogP contribution in [0.4, 0.5) is 0 Å². The Kier molecular flexibility index (Phi) is 5.24. The van der Waals surface area contributed by atoms with Gasteiger partial charge in [-0.2, -0.15) is 0 Å². The molecule has 166 valence electrons. The molecule has 0 radical (unpaired) electrons. The number of rotatable bonds is 4. The Hall–Kier alpha value is -1.95. The number of likely N-dealkylation sites (N-methyl/N-ethyl adjacent to an activating group) is 1. The van der Waals surface area contributed by atoms with Crippen molar-refractivity contribution in [3.05, 3.63) is 50.1 Å². The first-order valence-corrected chi connectivity index (χ1v) is 12.5. The number of benzene rings is 1. The molecule has 1 fully saturated rings. The van der Waals surface area contributed by atoms with Crippen molar-refractivity contribution in [1.82, 2.24) is 24.1 Å².